The van der Waals surface area contributed by atoms with Crippen LogP contribution in [-0.4, -0.2) is 5.54 Å². The molecule has 2 aromatic carbocycles. The quantitative estimate of drug-likeness (QED) is 0.617. The van der Waals surface area contributed by atoms with Gasteiger partial charge in [0.2, 0.25) is 0 Å². The summed E-state index contributed by atoms with van der Waals surface area (Å²) in [5.74, 6) is 0.597. The van der Waals surface area contributed by atoms with E-state index in [1.54, 1.807) is 0 Å². The molecule has 0 radical (unpaired) electrons. The zero-order chi connectivity index (χ0) is 20.4. The van der Waals surface area contributed by atoms with Crippen LogP contribution in [0.5, 0.6) is 0 Å². The Morgan fingerprint density at radius 1 is 0.778 bits per heavy atom. The molecule has 0 aliphatic rings. The molecule has 2 rings (SSSR count). The van der Waals surface area contributed by atoms with Crippen molar-refractivity contribution in [2.24, 2.45) is 0 Å². The van der Waals surface area contributed by atoms with E-state index in [0.717, 1.165) is 16.9 Å². The summed E-state index contributed by atoms with van der Waals surface area (Å²) in [6, 6.07) is 17.0. The van der Waals surface area contributed by atoms with E-state index in [4.69, 9.17) is 0 Å². The first-order valence-corrected chi connectivity index (χ1v) is 9.48. The van der Waals surface area contributed by atoms with Gasteiger partial charge in [-0.25, -0.2) is 0 Å². The lowest BCUT2D eigenvalue weighted by molar-refractivity contribution is 0.560. The van der Waals surface area contributed by atoms with Crippen LogP contribution in [0.3, 0.4) is 0 Å². The molecule has 0 fully saturated rings. The Morgan fingerprint density at radius 3 is 1.59 bits per heavy atom. The second kappa shape index (κ2) is 7.85. The summed E-state index contributed by atoms with van der Waals surface area (Å²) in [5.41, 5.74) is 4.98. The molecule has 0 spiro atoms. The maximum absolute atomic E-state index is 9.69. The molecule has 0 unspecified atom stereocenters. The monoisotopic (exact) mass is 359 g/mol. The molecule has 27 heavy (non-hydrogen) atoms. The molecular weight excluding hydrogens is 330 g/mol. The SMILES string of the molecule is CC(C)c1ccc(N(c2cc(C#N)c(C(C)C)c(C#N)c2)C(C)(C)C)cc1. The van der Waals surface area contributed by atoms with Crippen LogP contribution in [0.4, 0.5) is 11.4 Å². The highest BCUT2D eigenvalue weighted by atomic mass is 15.2. The fraction of sp³-hybridized carbons (Fsp3) is 0.417. The van der Waals surface area contributed by atoms with Gasteiger partial charge in [-0.3, -0.25) is 0 Å². The standard InChI is InChI=1S/C24H29N3/c1-16(2)18-8-10-21(11-9-18)27(24(5,6)7)22-12-19(14-25)23(17(3)4)20(13-22)15-26/h8-13,16-17H,1-7H3. The lowest BCUT2D eigenvalue weighted by Gasteiger charge is -2.38. The highest BCUT2D eigenvalue weighted by Crippen LogP contribution is 2.37. The smallest absolute Gasteiger partial charge is 0.0995 e. The predicted octanol–water partition coefficient (Wildman–Crippen LogP) is 6.61. The van der Waals surface area contributed by atoms with Crippen molar-refractivity contribution in [3.05, 3.63) is 58.7 Å². The van der Waals surface area contributed by atoms with E-state index < -0.39 is 0 Å². The summed E-state index contributed by atoms with van der Waals surface area (Å²) >= 11 is 0. The Labute approximate surface area is 163 Å². The number of benzene rings is 2. The van der Waals surface area contributed by atoms with Gasteiger partial charge in [-0.05, 0) is 68.0 Å². The first-order valence-electron chi connectivity index (χ1n) is 9.48. The Balaban J connectivity index is 2.69. The van der Waals surface area contributed by atoms with E-state index >= 15 is 0 Å². The molecule has 0 saturated carbocycles. The van der Waals surface area contributed by atoms with Crippen molar-refractivity contribution in [3.63, 3.8) is 0 Å². The normalized spacial score (nSPS) is 11.4. The maximum atomic E-state index is 9.69. The van der Waals surface area contributed by atoms with E-state index in [0.29, 0.717) is 17.0 Å². The molecule has 0 atom stereocenters. The summed E-state index contributed by atoms with van der Waals surface area (Å²) in [5, 5.41) is 19.4. The predicted molar refractivity (Wildman–Crippen MR) is 112 cm³/mol. The van der Waals surface area contributed by atoms with Crippen LogP contribution in [-0.2, 0) is 0 Å². The van der Waals surface area contributed by atoms with Gasteiger partial charge in [-0.15, -0.1) is 0 Å². The van der Waals surface area contributed by atoms with Crippen molar-refractivity contribution >= 4 is 11.4 Å². The summed E-state index contributed by atoms with van der Waals surface area (Å²) in [6.45, 7) is 14.8. The van der Waals surface area contributed by atoms with Gasteiger partial charge in [0.15, 0.2) is 0 Å². The molecule has 0 aromatic heterocycles. The van der Waals surface area contributed by atoms with Gasteiger partial charge in [0.25, 0.3) is 0 Å². The van der Waals surface area contributed by atoms with Gasteiger partial charge in [0.1, 0.15) is 0 Å². The number of nitriles is 2. The molecular formula is C24H29N3. The summed E-state index contributed by atoms with van der Waals surface area (Å²) in [7, 11) is 0. The minimum absolute atomic E-state index is 0.122. The van der Waals surface area contributed by atoms with Crippen molar-refractivity contribution in [2.75, 3.05) is 4.90 Å². The van der Waals surface area contributed by atoms with Crippen LogP contribution in [0.25, 0.3) is 0 Å². The first kappa shape index (κ1) is 20.5. The molecule has 0 N–H and O–H groups in total. The molecule has 0 heterocycles. The van der Waals surface area contributed by atoms with E-state index in [9.17, 15) is 10.5 Å². The molecule has 2 aromatic rings. The molecule has 3 heteroatoms. The van der Waals surface area contributed by atoms with E-state index in [2.05, 4.69) is 75.9 Å². The van der Waals surface area contributed by atoms with Crippen molar-refractivity contribution in [2.45, 2.75) is 65.8 Å². The van der Waals surface area contributed by atoms with E-state index in [1.165, 1.54) is 5.56 Å². The van der Waals surface area contributed by atoms with Gasteiger partial charge in [0.05, 0.1) is 23.3 Å². The van der Waals surface area contributed by atoms with Crippen molar-refractivity contribution < 1.29 is 0 Å². The lowest BCUT2D eigenvalue weighted by atomic mass is 9.91. The Hall–Kier alpha value is -2.78. The van der Waals surface area contributed by atoms with Gasteiger partial charge in [-0.1, -0.05) is 39.8 Å². The number of hydrogen-bond acceptors (Lipinski definition) is 3. The minimum Gasteiger partial charge on any atom is -0.336 e. The molecule has 0 saturated heterocycles. The zero-order valence-electron chi connectivity index (χ0n) is 17.5. The van der Waals surface area contributed by atoms with Gasteiger partial charge >= 0.3 is 0 Å². The summed E-state index contributed by atoms with van der Waals surface area (Å²) < 4.78 is 0. The summed E-state index contributed by atoms with van der Waals surface area (Å²) in [6.07, 6.45) is 0. The van der Waals surface area contributed by atoms with Crippen LogP contribution in [0.1, 0.15) is 82.6 Å². The topological polar surface area (TPSA) is 50.8 Å². The fourth-order valence-corrected chi connectivity index (χ4v) is 3.51. The largest absolute Gasteiger partial charge is 0.336 e. The van der Waals surface area contributed by atoms with E-state index in [-0.39, 0.29) is 11.5 Å². The highest BCUT2D eigenvalue weighted by Gasteiger charge is 2.26. The molecule has 0 amide bonds. The lowest BCUT2D eigenvalue weighted by Crippen LogP contribution is -2.37. The highest BCUT2D eigenvalue weighted by molar-refractivity contribution is 5.70. The average Bonchev–Trinajstić information content (AvgIpc) is 2.59. The zero-order valence-corrected chi connectivity index (χ0v) is 17.5. The number of hydrogen-bond donors (Lipinski definition) is 0. The van der Waals surface area contributed by atoms with Crippen LogP contribution < -0.4 is 4.90 Å². The number of rotatable bonds is 4. The third-order valence-corrected chi connectivity index (χ3v) is 4.73. The fourth-order valence-electron chi connectivity index (χ4n) is 3.51. The number of nitrogens with zero attached hydrogens (tertiary/aromatic N) is 3. The number of anilines is 2. The molecule has 0 aliphatic carbocycles. The van der Waals surface area contributed by atoms with Crippen LogP contribution in [0, 0.1) is 22.7 Å². The second-order valence-electron chi connectivity index (χ2n) is 8.59. The van der Waals surface area contributed by atoms with Crippen LogP contribution in [0.15, 0.2) is 36.4 Å². The third kappa shape index (κ3) is 4.32. The molecule has 3 nitrogen and oxygen atoms in total. The van der Waals surface area contributed by atoms with Crippen LogP contribution >= 0.6 is 0 Å². The molecule has 0 aliphatic heterocycles. The Bertz CT molecular complexity index is 850. The average molecular weight is 360 g/mol. The Kier molecular flexibility index (Phi) is 5.97. The first-order chi connectivity index (χ1) is 12.6. The van der Waals surface area contributed by atoms with E-state index in [1.807, 2.05) is 26.0 Å². The van der Waals surface area contributed by atoms with Gasteiger partial charge in [-0.2, -0.15) is 10.5 Å². The van der Waals surface area contributed by atoms with Crippen LogP contribution in [0.2, 0.25) is 0 Å². The third-order valence-electron chi connectivity index (χ3n) is 4.73. The van der Waals surface area contributed by atoms with Gasteiger partial charge in [0, 0.05) is 16.9 Å². The van der Waals surface area contributed by atoms with Crippen molar-refractivity contribution in [3.8, 4) is 12.1 Å². The van der Waals surface area contributed by atoms with Gasteiger partial charge < -0.3 is 4.90 Å². The Morgan fingerprint density at radius 2 is 1.26 bits per heavy atom. The maximum Gasteiger partial charge on any atom is 0.0995 e. The molecule has 0 bridgehead atoms. The van der Waals surface area contributed by atoms with Crippen molar-refractivity contribution in [1.29, 1.82) is 10.5 Å². The minimum atomic E-state index is -0.210. The summed E-state index contributed by atoms with van der Waals surface area (Å²) in [4.78, 5) is 2.20. The van der Waals surface area contributed by atoms with Crippen molar-refractivity contribution in [1.82, 2.24) is 0 Å². The second-order valence-corrected chi connectivity index (χ2v) is 8.59. The molecule has 140 valence electrons.